The van der Waals surface area contributed by atoms with Crippen molar-refractivity contribution < 1.29 is 14.1 Å². The summed E-state index contributed by atoms with van der Waals surface area (Å²) in [6, 6.07) is 4.01. The van der Waals surface area contributed by atoms with Crippen LogP contribution in [0.3, 0.4) is 0 Å². The topological polar surface area (TPSA) is 33.4 Å². The van der Waals surface area contributed by atoms with Gasteiger partial charge in [0.25, 0.3) is 0 Å². The Labute approximate surface area is 140 Å². The number of aromatic nitrogens is 1. The molecule has 0 bridgehead atoms. The molecule has 4 nitrogen and oxygen atoms in total. The van der Waals surface area contributed by atoms with E-state index in [1.165, 1.54) is 12.8 Å². The summed E-state index contributed by atoms with van der Waals surface area (Å²) in [5.74, 6) is 1.58. The van der Waals surface area contributed by atoms with Gasteiger partial charge in [-0.15, -0.1) is 0 Å². The first-order chi connectivity index (χ1) is 10.9. The van der Waals surface area contributed by atoms with Gasteiger partial charge in [-0.1, -0.05) is 27.2 Å². The van der Waals surface area contributed by atoms with Gasteiger partial charge in [-0.25, -0.2) is 4.79 Å². The van der Waals surface area contributed by atoms with E-state index in [-0.39, 0.29) is 18.6 Å². The maximum absolute atomic E-state index is 12.3. The van der Waals surface area contributed by atoms with E-state index < -0.39 is 0 Å². The first-order valence-electron chi connectivity index (χ1n) is 8.72. The van der Waals surface area contributed by atoms with E-state index in [2.05, 4.69) is 20.8 Å². The van der Waals surface area contributed by atoms with E-state index in [0.29, 0.717) is 17.8 Å². The zero-order valence-electron chi connectivity index (χ0n) is 15.2. The first kappa shape index (κ1) is 17.8. The Morgan fingerprint density at radius 1 is 1.30 bits per heavy atom. The second kappa shape index (κ2) is 7.80. The molecule has 3 atom stereocenters. The minimum absolute atomic E-state index is 0.0768. The lowest BCUT2D eigenvalue weighted by Crippen LogP contribution is -2.42. The van der Waals surface area contributed by atoms with Gasteiger partial charge < -0.3 is 9.64 Å². The molecular weight excluding hydrogens is 288 g/mol. The summed E-state index contributed by atoms with van der Waals surface area (Å²) in [5.41, 5.74) is 1.12. The Morgan fingerprint density at radius 2 is 1.96 bits per heavy atom. The van der Waals surface area contributed by atoms with Crippen LogP contribution in [0.1, 0.15) is 40.0 Å². The number of nitrogens with zero attached hydrogens (tertiary/aromatic N) is 2. The van der Waals surface area contributed by atoms with Gasteiger partial charge in [-0.3, -0.25) is 0 Å². The number of pyridine rings is 1. The Morgan fingerprint density at radius 3 is 2.52 bits per heavy atom. The van der Waals surface area contributed by atoms with Crippen LogP contribution in [0.15, 0.2) is 24.5 Å². The molecule has 23 heavy (non-hydrogen) atoms. The normalized spacial score (nSPS) is 24.5. The van der Waals surface area contributed by atoms with Crippen molar-refractivity contribution in [3.8, 4) is 0 Å². The number of ether oxygens (including phenoxy) is 1. The maximum atomic E-state index is 12.3. The van der Waals surface area contributed by atoms with Gasteiger partial charge in [0, 0.05) is 31.9 Å². The summed E-state index contributed by atoms with van der Waals surface area (Å²) >= 11 is 0. The van der Waals surface area contributed by atoms with E-state index >= 15 is 0 Å². The molecule has 0 aliphatic heterocycles. The van der Waals surface area contributed by atoms with E-state index in [0.717, 1.165) is 12.1 Å². The number of carbonyl (C=O) groups excluding carboxylic acids is 1. The predicted molar refractivity (Wildman–Crippen MR) is 92.2 cm³/mol. The molecule has 0 spiro atoms. The Balaban J connectivity index is 1.94. The summed E-state index contributed by atoms with van der Waals surface area (Å²) in [6.07, 6.45) is 7.35. The second-order valence-corrected chi connectivity index (χ2v) is 7.48. The molecule has 0 amide bonds. The maximum Gasteiger partial charge on any atom is 0.372 e. The van der Waals surface area contributed by atoms with Crippen LogP contribution in [0, 0.1) is 17.8 Å². The average molecular weight is 319 g/mol. The van der Waals surface area contributed by atoms with Crippen LogP contribution < -0.4 is 9.47 Å². The molecule has 128 valence electrons. The highest BCUT2D eigenvalue weighted by Crippen LogP contribution is 2.35. The van der Waals surface area contributed by atoms with Crippen molar-refractivity contribution in [2.45, 2.75) is 52.7 Å². The fourth-order valence-electron chi connectivity index (χ4n) is 3.46. The quantitative estimate of drug-likeness (QED) is 0.618. The molecule has 0 N–H and O–H groups in total. The molecule has 1 aliphatic rings. The molecule has 0 saturated heterocycles. The first-order valence-corrected chi connectivity index (χ1v) is 8.72. The highest BCUT2D eigenvalue weighted by molar-refractivity contribution is 5.67. The number of rotatable bonds is 5. The fourth-order valence-corrected chi connectivity index (χ4v) is 3.46. The second-order valence-electron chi connectivity index (χ2n) is 7.48. The van der Waals surface area contributed by atoms with Crippen LogP contribution in [0.4, 0.5) is 5.69 Å². The van der Waals surface area contributed by atoms with Crippen LogP contribution in [0.25, 0.3) is 0 Å². The van der Waals surface area contributed by atoms with Crippen LogP contribution in [-0.2, 0) is 16.1 Å². The molecule has 1 aliphatic carbocycles. The van der Waals surface area contributed by atoms with E-state index in [1.54, 1.807) is 0 Å². The lowest BCUT2D eigenvalue weighted by atomic mass is 9.75. The Bertz CT molecular complexity index is 511. The van der Waals surface area contributed by atoms with Crippen molar-refractivity contribution in [3.05, 3.63) is 24.5 Å². The summed E-state index contributed by atoms with van der Waals surface area (Å²) in [5, 5.41) is 0. The van der Waals surface area contributed by atoms with Crippen molar-refractivity contribution in [2.75, 3.05) is 19.0 Å². The zero-order chi connectivity index (χ0) is 17.0. The summed E-state index contributed by atoms with van der Waals surface area (Å²) < 4.78 is 7.73. The molecule has 0 unspecified atom stereocenters. The SMILES string of the molecule is CC(C)[C@@H]1CC[C@@H](C)C[C@H]1OC(=O)C[n+]1ccc(N(C)C)cc1. The lowest BCUT2D eigenvalue weighted by Gasteiger charge is -2.36. The van der Waals surface area contributed by atoms with Crippen molar-refractivity contribution >= 4 is 11.7 Å². The minimum Gasteiger partial charge on any atom is -0.457 e. The van der Waals surface area contributed by atoms with Crippen LogP contribution >= 0.6 is 0 Å². The van der Waals surface area contributed by atoms with Crippen LogP contribution in [-0.4, -0.2) is 26.2 Å². The molecule has 0 radical (unpaired) electrons. The van der Waals surface area contributed by atoms with Crippen molar-refractivity contribution in [3.63, 3.8) is 0 Å². The molecule has 1 fully saturated rings. The van der Waals surface area contributed by atoms with Gasteiger partial charge in [0.05, 0.1) is 0 Å². The molecule has 1 saturated carbocycles. The predicted octanol–water partition coefficient (Wildman–Crippen LogP) is 3.04. The minimum atomic E-state index is -0.127. The third-order valence-electron chi connectivity index (χ3n) is 4.95. The summed E-state index contributed by atoms with van der Waals surface area (Å²) in [6.45, 7) is 7.00. The van der Waals surface area contributed by atoms with Gasteiger partial charge in [0.2, 0.25) is 6.54 Å². The number of carbonyl (C=O) groups is 1. The fraction of sp³-hybridized carbons (Fsp3) is 0.684. The molecule has 1 aromatic rings. The largest absolute Gasteiger partial charge is 0.457 e. The highest BCUT2D eigenvalue weighted by atomic mass is 16.5. The van der Waals surface area contributed by atoms with E-state index in [4.69, 9.17) is 4.74 Å². The standard InChI is InChI=1S/C19H31N2O2/c1-14(2)17-7-6-15(3)12-18(17)23-19(22)13-21-10-8-16(9-11-21)20(4)5/h8-11,14-15,17-18H,6-7,12-13H2,1-5H3/q+1/t15-,17+,18-/m1/s1. The monoisotopic (exact) mass is 319 g/mol. The Hall–Kier alpha value is -1.58. The number of anilines is 1. The molecule has 1 aromatic heterocycles. The molecule has 1 heterocycles. The van der Waals surface area contributed by atoms with Crippen LogP contribution in [0.2, 0.25) is 0 Å². The summed E-state index contributed by atoms with van der Waals surface area (Å²) in [4.78, 5) is 14.4. The summed E-state index contributed by atoms with van der Waals surface area (Å²) in [7, 11) is 4.01. The van der Waals surface area contributed by atoms with Gasteiger partial charge in [0.1, 0.15) is 6.10 Å². The highest BCUT2D eigenvalue weighted by Gasteiger charge is 2.33. The van der Waals surface area contributed by atoms with Gasteiger partial charge >= 0.3 is 5.97 Å². The van der Waals surface area contributed by atoms with Crippen molar-refractivity contribution in [1.82, 2.24) is 0 Å². The number of esters is 1. The average Bonchev–Trinajstić information content (AvgIpc) is 2.47. The van der Waals surface area contributed by atoms with E-state index in [9.17, 15) is 4.79 Å². The zero-order valence-corrected chi connectivity index (χ0v) is 15.2. The molecule has 0 aromatic carbocycles. The Kier molecular flexibility index (Phi) is 6.03. The molecule has 2 rings (SSSR count). The van der Waals surface area contributed by atoms with Crippen molar-refractivity contribution in [1.29, 1.82) is 0 Å². The molecular formula is C19H31N2O2+. The number of hydrogen-bond acceptors (Lipinski definition) is 3. The van der Waals surface area contributed by atoms with Gasteiger partial charge in [-0.05, 0) is 30.6 Å². The third-order valence-corrected chi connectivity index (χ3v) is 4.95. The molecule has 4 heteroatoms. The van der Waals surface area contributed by atoms with Crippen molar-refractivity contribution in [2.24, 2.45) is 17.8 Å². The smallest absolute Gasteiger partial charge is 0.372 e. The van der Waals surface area contributed by atoms with Gasteiger partial charge in [-0.2, -0.15) is 4.57 Å². The third kappa shape index (κ3) is 4.95. The van der Waals surface area contributed by atoms with Crippen LogP contribution in [0.5, 0.6) is 0 Å². The number of hydrogen-bond donors (Lipinski definition) is 0. The van der Waals surface area contributed by atoms with E-state index in [1.807, 2.05) is 48.1 Å². The van der Waals surface area contributed by atoms with Gasteiger partial charge in [0.15, 0.2) is 12.4 Å². The lowest BCUT2D eigenvalue weighted by molar-refractivity contribution is -0.686.